The Bertz CT molecular complexity index is 574. The molecule has 2 rings (SSSR count). The molecule has 0 fully saturated rings. The van der Waals surface area contributed by atoms with Gasteiger partial charge >= 0.3 is 0 Å². The molecule has 0 bridgehead atoms. The summed E-state index contributed by atoms with van der Waals surface area (Å²) >= 11 is 0. The topological polar surface area (TPSA) is 58.5 Å². The standard InChI is InChI=1S/C16H27N5/c1-12-9-13(2)21(20-12)8-6-7-17-10-14-11-18-19-15(14)16(3,4)5/h9,11,17H,6-8,10H2,1-5H3,(H,18,19). The fraction of sp³-hybridized carbons (Fsp3) is 0.625. The van der Waals surface area contributed by atoms with Crippen LogP contribution in [0.25, 0.3) is 0 Å². The quantitative estimate of drug-likeness (QED) is 0.804. The van der Waals surface area contributed by atoms with E-state index in [0.29, 0.717) is 0 Å². The van der Waals surface area contributed by atoms with Crippen LogP contribution in [-0.2, 0) is 18.5 Å². The summed E-state index contributed by atoms with van der Waals surface area (Å²) in [6.07, 6.45) is 3.00. The smallest absolute Gasteiger partial charge is 0.0596 e. The Morgan fingerprint density at radius 3 is 2.67 bits per heavy atom. The molecule has 0 aromatic carbocycles. The van der Waals surface area contributed by atoms with Crippen LogP contribution in [0.3, 0.4) is 0 Å². The summed E-state index contributed by atoms with van der Waals surface area (Å²) < 4.78 is 2.08. The van der Waals surface area contributed by atoms with Gasteiger partial charge in [0.05, 0.1) is 11.9 Å². The normalized spacial score (nSPS) is 12.0. The van der Waals surface area contributed by atoms with E-state index < -0.39 is 0 Å². The van der Waals surface area contributed by atoms with Gasteiger partial charge < -0.3 is 5.32 Å². The van der Waals surface area contributed by atoms with Crippen molar-refractivity contribution in [3.63, 3.8) is 0 Å². The zero-order valence-corrected chi connectivity index (χ0v) is 13.8. The Morgan fingerprint density at radius 1 is 1.29 bits per heavy atom. The molecule has 2 N–H and O–H groups in total. The second-order valence-corrected chi connectivity index (χ2v) is 6.70. The third-order valence-electron chi connectivity index (χ3n) is 3.61. The Balaban J connectivity index is 1.76. The average Bonchev–Trinajstić information content (AvgIpc) is 2.95. The van der Waals surface area contributed by atoms with Crippen molar-refractivity contribution in [2.75, 3.05) is 6.54 Å². The van der Waals surface area contributed by atoms with Gasteiger partial charge in [0.25, 0.3) is 0 Å². The van der Waals surface area contributed by atoms with Crippen molar-refractivity contribution in [2.24, 2.45) is 0 Å². The third-order valence-corrected chi connectivity index (χ3v) is 3.61. The van der Waals surface area contributed by atoms with Crippen molar-refractivity contribution >= 4 is 0 Å². The Hall–Kier alpha value is -1.62. The summed E-state index contributed by atoms with van der Waals surface area (Å²) in [5.74, 6) is 0. The molecule has 0 saturated carbocycles. The number of nitrogens with one attached hydrogen (secondary N) is 2. The predicted molar refractivity (Wildman–Crippen MR) is 85.3 cm³/mol. The van der Waals surface area contributed by atoms with Crippen molar-refractivity contribution in [1.82, 2.24) is 25.3 Å². The first-order chi connectivity index (χ1) is 9.88. The molecule has 0 unspecified atom stereocenters. The molecule has 2 heterocycles. The summed E-state index contributed by atoms with van der Waals surface area (Å²) in [4.78, 5) is 0. The highest BCUT2D eigenvalue weighted by molar-refractivity contribution is 5.23. The molecular formula is C16H27N5. The van der Waals surface area contributed by atoms with E-state index in [1.54, 1.807) is 0 Å². The Kier molecular flexibility index (Phi) is 4.83. The molecule has 116 valence electrons. The molecule has 5 nitrogen and oxygen atoms in total. The van der Waals surface area contributed by atoms with Gasteiger partial charge in [-0.3, -0.25) is 9.78 Å². The van der Waals surface area contributed by atoms with Crippen LogP contribution in [0, 0.1) is 13.8 Å². The first-order valence-corrected chi connectivity index (χ1v) is 7.62. The molecule has 0 radical (unpaired) electrons. The van der Waals surface area contributed by atoms with Crippen LogP contribution in [0.15, 0.2) is 12.3 Å². The van der Waals surface area contributed by atoms with Crippen LogP contribution in [0.1, 0.15) is 49.8 Å². The van der Waals surface area contributed by atoms with Gasteiger partial charge in [0.15, 0.2) is 0 Å². The molecule has 2 aromatic rings. The van der Waals surface area contributed by atoms with Crippen molar-refractivity contribution in [3.8, 4) is 0 Å². The predicted octanol–water partition coefficient (Wildman–Crippen LogP) is 2.70. The largest absolute Gasteiger partial charge is 0.312 e. The highest BCUT2D eigenvalue weighted by atomic mass is 15.3. The summed E-state index contributed by atoms with van der Waals surface area (Å²) in [6, 6.07) is 2.12. The number of hydrogen-bond acceptors (Lipinski definition) is 3. The van der Waals surface area contributed by atoms with Crippen molar-refractivity contribution < 1.29 is 0 Å². The zero-order chi connectivity index (χ0) is 15.5. The zero-order valence-electron chi connectivity index (χ0n) is 13.8. The highest BCUT2D eigenvalue weighted by Crippen LogP contribution is 2.23. The van der Waals surface area contributed by atoms with E-state index in [9.17, 15) is 0 Å². The molecule has 0 atom stereocenters. The minimum atomic E-state index is 0.108. The second-order valence-electron chi connectivity index (χ2n) is 6.70. The van der Waals surface area contributed by atoms with E-state index in [1.165, 1.54) is 17.0 Å². The molecule has 21 heavy (non-hydrogen) atoms. The number of hydrogen-bond donors (Lipinski definition) is 2. The van der Waals surface area contributed by atoms with Gasteiger partial charge in [-0.25, -0.2) is 0 Å². The van der Waals surface area contributed by atoms with Crippen LogP contribution in [-0.4, -0.2) is 26.5 Å². The average molecular weight is 289 g/mol. The van der Waals surface area contributed by atoms with Crippen LogP contribution >= 0.6 is 0 Å². The second kappa shape index (κ2) is 6.43. The minimum absolute atomic E-state index is 0.108. The molecule has 0 amide bonds. The van der Waals surface area contributed by atoms with Crippen LogP contribution < -0.4 is 5.32 Å². The molecule has 0 aliphatic heterocycles. The van der Waals surface area contributed by atoms with E-state index in [1.807, 2.05) is 13.1 Å². The van der Waals surface area contributed by atoms with Crippen molar-refractivity contribution in [2.45, 2.75) is 59.5 Å². The summed E-state index contributed by atoms with van der Waals surface area (Å²) in [7, 11) is 0. The maximum atomic E-state index is 4.48. The van der Waals surface area contributed by atoms with Gasteiger partial charge in [0.2, 0.25) is 0 Å². The van der Waals surface area contributed by atoms with Crippen LogP contribution in [0.2, 0.25) is 0 Å². The molecule has 0 saturated heterocycles. The molecule has 0 aliphatic rings. The fourth-order valence-electron chi connectivity index (χ4n) is 2.57. The first-order valence-electron chi connectivity index (χ1n) is 7.62. The Morgan fingerprint density at radius 2 is 2.05 bits per heavy atom. The lowest BCUT2D eigenvalue weighted by atomic mass is 9.89. The Labute approximate surface area is 127 Å². The molecule has 5 heteroatoms. The van der Waals surface area contributed by atoms with Gasteiger partial charge in [-0.15, -0.1) is 0 Å². The lowest BCUT2D eigenvalue weighted by molar-refractivity contribution is 0.524. The maximum Gasteiger partial charge on any atom is 0.0596 e. The molecule has 0 aliphatic carbocycles. The number of aromatic nitrogens is 4. The van der Waals surface area contributed by atoms with E-state index in [0.717, 1.165) is 31.7 Å². The number of nitrogens with zero attached hydrogens (tertiary/aromatic N) is 3. The molecular weight excluding hydrogens is 262 g/mol. The van der Waals surface area contributed by atoms with Crippen LogP contribution in [0.5, 0.6) is 0 Å². The summed E-state index contributed by atoms with van der Waals surface area (Å²) in [5.41, 5.74) is 4.91. The van der Waals surface area contributed by atoms with Crippen molar-refractivity contribution in [3.05, 3.63) is 34.9 Å². The minimum Gasteiger partial charge on any atom is -0.312 e. The van der Waals surface area contributed by atoms with E-state index >= 15 is 0 Å². The monoisotopic (exact) mass is 289 g/mol. The van der Waals surface area contributed by atoms with Crippen LogP contribution in [0.4, 0.5) is 0 Å². The summed E-state index contributed by atoms with van der Waals surface area (Å²) in [5, 5.41) is 15.3. The van der Waals surface area contributed by atoms with E-state index in [-0.39, 0.29) is 5.41 Å². The fourth-order valence-corrected chi connectivity index (χ4v) is 2.57. The summed E-state index contributed by atoms with van der Waals surface area (Å²) in [6.45, 7) is 13.5. The van der Waals surface area contributed by atoms with Gasteiger partial charge in [-0.1, -0.05) is 20.8 Å². The SMILES string of the molecule is Cc1cc(C)n(CCCNCc2cn[nH]c2C(C)(C)C)n1. The van der Waals surface area contributed by atoms with Gasteiger partial charge in [-0.05, 0) is 32.9 Å². The van der Waals surface area contributed by atoms with Crippen molar-refractivity contribution in [1.29, 1.82) is 0 Å². The lowest BCUT2D eigenvalue weighted by Gasteiger charge is -2.18. The third kappa shape index (κ3) is 4.17. The maximum absolute atomic E-state index is 4.48. The van der Waals surface area contributed by atoms with E-state index in [4.69, 9.17) is 0 Å². The number of rotatable bonds is 6. The lowest BCUT2D eigenvalue weighted by Crippen LogP contribution is -2.20. The number of aromatic amines is 1. The van der Waals surface area contributed by atoms with Gasteiger partial charge in [0, 0.05) is 35.5 Å². The number of aryl methyl sites for hydroxylation is 3. The molecule has 2 aromatic heterocycles. The van der Waals surface area contributed by atoms with Gasteiger partial charge in [0.1, 0.15) is 0 Å². The highest BCUT2D eigenvalue weighted by Gasteiger charge is 2.19. The number of H-pyrrole nitrogens is 1. The molecule has 0 spiro atoms. The van der Waals surface area contributed by atoms with Gasteiger partial charge in [-0.2, -0.15) is 10.2 Å². The first kappa shape index (κ1) is 15.8. The van der Waals surface area contributed by atoms with E-state index in [2.05, 4.69) is 59.1 Å².